The van der Waals surface area contributed by atoms with Crippen LogP contribution in [0.15, 0.2) is 0 Å². The number of aryl methyl sites for hydroxylation is 1. The Balaban J connectivity index is 3.15. The van der Waals surface area contributed by atoms with Crippen molar-refractivity contribution in [1.29, 1.82) is 0 Å². The molecule has 88 valence electrons. The van der Waals surface area contributed by atoms with Crippen molar-refractivity contribution in [2.75, 3.05) is 5.73 Å². The highest BCUT2D eigenvalue weighted by Crippen LogP contribution is 2.20. The van der Waals surface area contributed by atoms with E-state index in [1.54, 1.807) is 6.92 Å². The molecule has 0 aliphatic carbocycles. The van der Waals surface area contributed by atoms with Crippen LogP contribution in [0.4, 0.5) is 5.82 Å². The van der Waals surface area contributed by atoms with Gasteiger partial charge < -0.3 is 11.5 Å². The average Bonchev–Trinajstić information content (AvgIpc) is 1.96. The van der Waals surface area contributed by atoms with Crippen LogP contribution < -0.4 is 11.5 Å². The zero-order chi connectivity index (χ0) is 12.5. The molecule has 4 N–H and O–H groups in total. The first-order chi connectivity index (χ1) is 7.20. The molecule has 0 saturated heterocycles. The van der Waals surface area contributed by atoms with E-state index in [2.05, 4.69) is 30.7 Å². The molecule has 0 atom stereocenters. The van der Waals surface area contributed by atoms with Gasteiger partial charge >= 0.3 is 0 Å². The number of anilines is 1. The van der Waals surface area contributed by atoms with Crippen LogP contribution in [0.2, 0.25) is 0 Å². The molecule has 0 aliphatic rings. The normalized spacial score (nSPS) is 11.5. The van der Waals surface area contributed by atoms with Crippen molar-refractivity contribution in [2.24, 2.45) is 11.1 Å². The third kappa shape index (κ3) is 2.92. The Morgan fingerprint density at radius 3 is 2.25 bits per heavy atom. The van der Waals surface area contributed by atoms with Gasteiger partial charge in [0.2, 0.25) is 0 Å². The summed E-state index contributed by atoms with van der Waals surface area (Å²) < 4.78 is 0. The fourth-order valence-corrected chi connectivity index (χ4v) is 1.51. The Morgan fingerprint density at radius 2 is 1.88 bits per heavy atom. The Hall–Kier alpha value is -1.65. The molecule has 0 aromatic carbocycles. The second kappa shape index (κ2) is 4.08. The molecule has 5 nitrogen and oxygen atoms in total. The molecule has 0 fully saturated rings. The van der Waals surface area contributed by atoms with E-state index in [0.29, 0.717) is 17.9 Å². The molecule has 1 amide bonds. The Bertz CT molecular complexity index is 397. The summed E-state index contributed by atoms with van der Waals surface area (Å²) in [6.45, 7) is 7.97. The van der Waals surface area contributed by atoms with Gasteiger partial charge in [-0.2, -0.15) is 0 Å². The number of hydrogen-bond acceptors (Lipinski definition) is 4. The average molecular weight is 222 g/mol. The van der Waals surface area contributed by atoms with Gasteiger partial charge in [-0.15, -0.1) is 0 Å². The van der Waals surface area contributed by atoms with Gasteiger partial charge in [0.05, 0.1) is 5.69 Å². The number of nitrogens with two attached hydrogens (primary N) is 2. The largest absolute Gasteiger partial charge is 0.383 e. The van der Waals surface area contributed by atoms with E-state index in [1.165, 1.54) is 0 Å². The van der Waals surface area contributed by atoms with Gasteiger partial charge in [-0.25, -0.2) is 9.97 Å². The SMILES string of the molecule is Cc1nc(CC(C)(C)C)nc(N)c1C(N)=O. The lowest BCUT2D eigenvalue weighted by molar-refractivity contribution is 0.1000. The van der Waals surface area contributed by atoms with Crippen LogP contribution in [0.25, 0.3) is 0 Å². The van der Waals surface area contributed by atoms with E-state index in [4.69, 9.17) is 11.5 Å². The van der Waals surface area contributed by atoms with E-state index < -0.39 is 5.91 Å². The minimum atomic E-state index is -0.586. The number of primary amides is 1. The summed E-state index contributed by atoms with van der Waals surface area (Å²) in [5.41, 5.74) is 11.7. The minimum absolute atomic E-state index is 0.0765. The second-order valence-electron chi connectivity index (χ2n) is 5.09. The van der Waals surface area contributed by atoms with Crippen molar-refractivity contribution in [1.82, 2.24) is 9.97 Å². The number of aromatic nitrogens is 2. The molecule has 0 bridgehead atoms. The van der Waals surface area contributed by atoms with Gasteiger partial charge in [-0.3, -0.25) is 4.79 Å². The number of carbonyl (C=O) groups is 1. The third-order valence-corrected chi connectivity index (χ3v) is 2.10. The lowest BCUT2D eigenvalue weighted by atomic mass is 9.92. The van der Waals surface area contributed by atoms with Crippen LogP contribution >= 0.6 is 0 Å². The topological polar surface area (TPSA) is 94.9 Å². The van der Waals surface area contributed by atoms with Crippen molar-refractivity contribution in [3.8, 4) is 0 Å². The summed E-state index contributed by atoms with van der Waals surface area (Å²) in [7, 11) is 0. The number of nitrogen functional groups attached to an aromatic ring is 1. The standard InChI is InChI=1S/C11H18N4O/c1-6-8(10(13)16)9(12)15-7(14-6)5-11(2,3)4/h5H2,1-4H3,(H2,13,16)(H2,12,14,15). The number of hydrogen-bond donors (Lipinski definition) is 2. The summed E-state index contributed by atoms with van der Waals surface area (Å²) in [6, 6.07) is 0. The maximum absolute atomic E-state index is 11.1. The molecular formula is C11H18N4O. The van der Waals surface area contributed by atoms with Crippen LogP contribution in [0.1, 0.15) is 42.6 Å². The van der Waals surface area contributed by atoms with Crippen LogP contribution in [0, 0.1) is 12.3 Å². The van der Waals surface area contributed by atoms with Crippen molar-refractivity contribution in [2.45, 2.75) is 34.1 Å². The first-order valence-corrected chi connectivity index (χ1v) is 5.13. The third-order valence-electron chi connectivity index (χ3n) is 2.10. The smallest absolute Gasteiger partial charge is 0.254 e. The summed E-state index contributed by atoms with van der Waals surface area (Å²) in [5, 5.41) is 0. The molecule has 0 unspecified atom stereocenters. The zero-order valence-electron chi connectivity index (χ0n) is 10.2. The predicted molar refractivity (Wildman–Crippen MR) is 62.9 cm³/mol. The molecular weight excluding hydrogens is 204 g/mol. The van der Waals surface area contributed by atoms with Crippen LogP contribution in [0.5, 0.6) is 0 Å². The zero-order valence-corrected chi connectivity index (χ0v) is 10.2. The maximum atomic E-state index is 11.1. The molecule has 0 saturated carbocycles. The van der Waals surface area contributed by atoms with Crippen LogP contribution in [0.3, 0.4) is 0 Å². The Morgan fingerprint density at radius 1 is 1.31 bits per heavy atom. The number of carbonyl (C=O) groups excluding carboxylic acids is 1. The van der Waals surface area contributed by atoms with E-state index >= 15 is 0 Å². The highest BCUT2D eigenvalue weighted by atomic mass is 16.1. The first kappa shape index (κ1) is 12.4. The first-order valence-electron chi connectivity index (χ1n) is 5.13. The Labute approximate surface area is 95.3 Å². The van der Waals surface area contributed by atoms with E-state index in [-0.39, 0.29) is 16.8 Å². The van der Waals surface area contributed by atoms with Crippen molar-refractivity contribution in [3.05, 3.63) is 17.1 Å². The fourth-order valence-electron chi connectivity index (χ4n) is 1.51. The number of rotatable bonds is 2. The van der Waals surface area contributed by atoms with Gasteiger partial charge in [-0.1, -0.05) is 20.8 Å². The van der Waals surface area contributed by atoms with Gasteiger partial charge in [0.25, 0.3) is 5.91 Å². The van der Waals surface area contributed by atoms with Gasteiger partial charge in [0.15, 0.2) is 0 Å². The summed E-state index contributed by atoms with van der Waals surface area (Å²) in [6.07, 6.45) is 0.705. The summed E-state index contributed by atoms with van der Waals surface area (Å²) in [5.74, 6) is 0.226. The second-order valence-corrected chi connectivity index (χ2v) is 5.09. The predicted octanol–water partition coefficient (Wildman–Crippen LogP) is 1.05. The van der Waals surface area contributed by atoms with E-state index in [1.807, 2.05) is 0 Å². The molecule has 1 rings (SSSR count). The Kier molecular flexibility index (Phi) is 3.16. The number of amides is 1. The molecule has 0 spiro atoms. The van der Waals surface area contributed by atoms with Crippen molar-refractivity contribution in [3.63, 3.8) is 0 Å². The van der Waals surface area contributed by atoms with Crippen LogP contribution in [-0.2, 0) is 6.42 Å². The molecule has 16 heavy (non-hydrogen) atoms. The van der Waals surface area contributed by atoms with E-state index in [0.717, 1.165) is 0 Å². The van der Waals surface area contributed by atoms with Crippen LogP contribution in [-0.4, -0.2) is 15.9 Å². The molecule has 5 heteroatoms. The van der Waals surface area contributed by atoms with Gasteiger partial charge in [0, 0.05) is 6.42 Å². The summed E-state index contributed by atoms with van der Waals surface area (Å²) >= 11 is 0. The molecule has 0 aliphatic heterocycles. The highest BCUT2D eigenvalue weighted by molar-refractivity contribution is 5.98. The monoisotopic (exact) mass is 222 g/mol. The molecule has 0 radical (unpaired) electrons. The van der Waals surface area contributed by atoms with Crippen molar-refractivity contribution < 1.29 is 4.79 Å². The quantitative estimate of drug-likeness (QED) is 0.782. The molecule has 1 aromatic rings. The number of nitrogens with zero attached hydrogens (tertiary/aromatic N) is 2. The minimum Gasteiger partial charge on any atom is -0.383 e. The maximum Gasteiger partial charge on any atom is 0.254 e. The fraction of sp³-hybridized carbons (Fsp3) is 0.545. The van der Waals surface area contributed by atoms with Gasteiger partial charge in [0.1, 0.15) is 17.2 Å². The van der Waals surface area contributed by atoms with Gasteiger partial charge in [-0.05, 0) is 12.3 Å². The van der Waals surface area contributed by atoms with Crippen molar-refractivity contribution >= 4 is 11.7 Å². The lowest BCUT2D eigenvalue weighted by Gasteiger charge is -2.17. The molecule has 1 heterocycles. The highest BCUT2D eigenvalue weighted by Gasteiger charge is 2.18. The molecule has 1 aromatic heterocycles. The lowest BCUT2D eigenvalue weighted by Crippen LogP contribution is -2.20. The summed E-state index contributed by atoms with van der Waals surface area (Å²) in [4.78, 5) is 19.5. The van der Waals surface area contributed by atoms with E-state index in [9.17, 15) is 4.79 Å².